The van der Waals surface area contributed by atoms with Gasteiger partial charge in [-0.15, -0.1) is 0 Å². The molecule has 1 aliphatic heterocycles. The van der Waals surface area contributed by atoms with Gasteiger partial charge in [-0.05, 0) is 37.1 Å². The van der Waals surface area contributed by atoms with E-state index in [0.717, 1.165) is 47.6 Å². The van der Waals surface area contributed by atoms with E-state index in [1.807, 2.05) is 59.3 Å². The van der Waals surface area contributed by atoms with E-state index in [9.17, 15) is 0 Å². The highest BCUT2D eigenvalue weighted by atomic mass is 16.5. The number of benzene rings is 2. The van der Waals surface area contributed by atoms with Gasteiger partial charge in [-0.25, -0.2) is 4.68 Å². The second-order valence-electron chi connectivity index (χ2n) is 7.40. The first-order valence-electron chi connectivity index (χ1n) is 10.4. The van der Waals surface area contributed by atoms with Crippen LogP contribution in [0.2, 0.25) is 0 Å². The lowest BCUT2D eigenvalue weighted by atomic mass is 10.2. The van der Waals surface area contributed by atoms with E-state index < -0.39 is 0 Å². The van der Waals surface area contributed by atoms with Gasteiger partial charge in [0.2, 0.25) is 5.95 Å². The van der Waals surface area contributed by atoms with Gasteiger partial charge in [0, 0.05) is 24.9 Å². The van der Waals surface area contributed by atoms with Crippen molar-refractivity contribution in [2.75, 3.05) is 30.9 Å². The van der Waals surface area contributed by atoms with Crippen LogP contribution in [0.4, 0.5) is 17.5 Å². The molecular formula is C23H24N6O2. The molecule has 8 heteroatoms. The quantitative estimate of drug-likeness (QED) is 0.468. The minimum absolute atomic E-state index is 0.188. The minimum atomic E-state index is 0.188. The van der Waals surface area contributed by atoms with Crippen molar-refractivity contribution in [3.8, 4) is 11.4 Å². The zero-order valence-electron chi connectivity index (χ0n) is 17.3. The topological polar surface area (TPSA) is 86.1 Å². The smallest absolute Gasteiger partial charge is 0.226 e. The molecule has 2 N–H and O–H groups in total. The highest BCUT2D eigenvalue weighted by molar-refractivity contribution is 5.90. The predicted molar refractivity (Wildman–Crippen MR) is 120 cm³/mol. The minimum Gasteiger partial charge on any atom is -0.497 e. The van der Waals surface area contributed by atoms with Crippen LogP contribution >= 0.6 is 0 Å². The van der Waals surface area contributed by atoms with Gasteiger partial charge < -0.3 is 20.1 Å². The standard InChI is InChI=1S/C23H24N6O2/c1-30-18-10-5-7-16(13-18)26-21-20-15-25-29(17-8-3-2-4-9-17)22(20)28-23(27-21)24-14-19-11-6-12-31-19/h2-5,7-10,13,15,19H,6,11-12,14H2,1H3,(H2,24,26,27,28)/t19-/m1/s1. The fourth-order valence-electron chi connectivity index (χ4n) is 3.69. The van der Waals surface area contributed by atoms with E-state index in [4.69, 9.17) is 19.4 Å². The molecule has 2 aromatic heterocycles. The Morgan fingerprint density at radius 3 is 2.84 bits per heavy atom. The summed E-state index contributed by atoms with van der Waals surface area (Å²) in [6.45, 7) is 1.49. The van der Waals surface area contributed by atoms with Gasteiger partial charge in [0.1, 0.15) is 11.6 Å². The van der Waals surface area contributed by atoms with Gasteiger partial charge in [0.25, 0.3) is 0 Å². The molecule has 0 aliphatic carbocycles. The number of nitrogens with one attached hydrogen (secondary N) is 2. The summed E-state index contributed by atoms with van der Waals surface area (Å²) in [5.41, 5.74) is 2.53. The summed E-state index contributed by atoms with van der Waals surface area (Å²) in [6.07, 6.45) is 4.12. The lowest BCUT2D eigenvalue weighted by molar-refractivity contribution is 0.120. The Hall–Kier alpha value is -3.65. The number of aromatic nitrogens is 4. The van der Waals surface area contributed by atoms with Crippen LogP contribution in [0.25, 0.3) is 16.7 Å². The fraction of sp³-hybridized carbons (Fsp3) is 0.261. The Morgan fingerprint density at radius 1 is 1.13 bits per heavy atom. The molecule has 0 saturated carbocycles. The Balaban J connectivity index is 1.54. The first-order valence-corrected chi connectivity index (χ1v) is 10.4. The van der Waals surface area contributed by atoms with E-state index >= 15 is 0 Å². The van der Waals surface area contributed by atoms with Gasteiger partial charge in [0.05, 0.1) is 30.5 Å². The summed E-state index contributed by atoms with van der Waals surface area (Å²) in [7, 11) is 1.65. The molecule has 158 valence electrons. The summed E-state index contributed by atoms with van der Waals surface area (Å²) in [4.78, 5) is 9.50. The Labute approximate surface area is 180 Å². The molecule has 1 atom stereocenters. The summed E-state index contributed by atoms with van der Waals surface area (Å²) in [5.74, 6) is 1.98. The van der Waals surface area contributed by atoms with Crippen LogP contribution in [0.3, 0.4) is 0 Å². The van der Waals surface area contributed by atoms with E-state index in [0.29, 0.717) is 18.3 Å². The molecule has 4 aromatic rings. The summed E-state index contributed by atoms with van der Waals surface area (Å²) >= 11 is 0. The van der Waals surface area contributed by atoms with E-state index in [2.05, 4.69) is 15.7 Å². The summed E-state index contributed by atoms with van der Waals surface area (Å²) in [5, 5.41) is 12.1. The first-order chi connectivity index (χ1) is 15.3. The molecule has 0 amide bonds. The third-order valence-electron chi connectivity index (χ3n) is 5.27. The van der Waals surface area contributed by atoms with Crippen molar-refractivity contribution in [2.45, 2.75) is 18.9 Å². The fourth-order valence-corrected chi connectivity index (χ4v) is 3.69. The normalized spacial score (nSPS) is 15.8. The molecule has 1 aliphatic rings. The number of ether oxygens (including phenoxy) is 2. The zero-order valence-corrected chi connectivity index (χ0v) is 17.3. The highest BCUT2D eigenvalue weighted by Crippen LogP contribution is 2.28. The Morgan fingerprint density at radius 2 is 2.03 bits per heavy atom. The van der Waals surface area contributed by atoms with Crippen molar-refractivity contribution in [2.24, 2.45) is 0 Å². The lowest BCUT2D eigenvalue weighted by Crippen LogP contribution is -2.20. The molecule has 1 saturated heterocycles. The van der Waals surface area contributed by atoms with Crippen molar-refractivity contribution in [3.05, 3.63) is 60.8 Å². The largest absolute Gasteiger partial charge is 0.497 e. The number of para-hydroxylation sites is 1. The molecular weight excluding hydrogens is 392 g/mol. The third kappa shape index (κ3) is 4.15. The van der Waals surface area contributed by atoms with Crippen LogP contribution in [0.15, 0.2) is 60.8 Å². The average molecular weight is 416 g/mol. The van der Waals surface area contributed by atoms with Gasteiger partial charge in [0.15, 0.2) is 5.65 Å². The summed E-state index contributed by atoms with van der Waals surface area (Å²) in [6, 6.07) is 17.7. The number of nitrogens with zero attached hydrogens (tertiary/aromatic N) is 4. The molecule has 3 heterocycles. The van der Waals surface area contributed by atoms with Gasteiger partial charge in [-0.2, -0.15) is 15.1 Å². The second kappa shape index (κ2) is 8.61. The molecule has 5 rings (SSSR count). The Kier molecular flexibility index (Phi) is 5.37. The van der Waals surface area contributed by atoms with Gasteiger partial charge in [-0.1, -0.05) is 24.3 Å². The zero-order chi connectivity index (χ0) is 21.0. The van der Waals surface area contributed by atoms with Crippen molar-refractivity contribution >= 4 is 28.5 Å². The number of hydrogen-bond acceptors (Lipinski definition) is 7. The number of anilines is 3. The SMILES string of the molecule is COc1cccc(Nc2nc(NC[C@H]3CCCO3)nc3c2cnn3-c2ccccc2)c1. The van der Waals surface area contributed by atoms with Crippen LogP contribution in [0.5, 0.6) is 5.75 Å². The van der Waals surface area contributed by atoms with Gasteiger partial charge >= 0.3 is 0 Å². The van der Waals surface area contributed by atoms with E-state index in [1.165, 1.54) is 0 Å². The van der Waals surface area contributed by atoms with E-state index in [1.54, 1.807) is 13.3 Å². The van der Waals surface area contributed by atoms with Crippen molar-refractivity contribution in [1.29, 1.82) is 0 Å². The number of methoxy groups -OCH3 is 1. The molecule has 0 unspecified atom stereocenters. The molecule has 8 nitrogen and oxygen atoms in total. The van der Waals surface area contributed by atoms with E-state index in [-0.39, 0.29) is 6.10 Å². The molecule has 1 fully saturated rings. The molecule has 0 bridgehead atoms. The van der Waals surface area contributed by atoms with Crippen LogP contribution in [0, 0.1) is 0 Å². The number of fused-ring (bicyclic) bond motifs is 1. The third-order valence-corrected chi connectivity index (χ3v) is 5.27. The molecule has 2 aromatic carbocycles. The number of hydrogen-bond donors (Lipinski definition) is 2. The van der Waals surface area contributed by atoms with Gasteiger partial charge in [-0.3, -0.25) is 0 Å². The molecule has 0 radical (unpaired) electrons. The summed E-state index contributed by atoms with van der Waals surface area (Å²) < 4.78 is 12.9. The predicted octanol–water partition coefficient (Wildman–Crippen LogP) is 4.16. The average Bonchev–Trinajstić information content (AvgIpc) is 3.48. The first kappa shape index (κ1) is 19.3. The maximum atomic E-state index is 5.73. The van der Waals surface area contributed by atoms with Crippen molar-refractivity contribution in [1.82, 2.24) is 19.7 Å². The highest BCUT2D eigenvalue weighted by Gasteiger charge is 2.18. The maximum Gasteiger partial charge on any atom is 0.226 e. The lowest BCUT2D eigenvalue weighted by Gasteiger charge is -2.13. The van der Waals surface area contributed by atoms with Crippen LogP contribution in [0.1, 0.15) is 12.8 Å². The Bertz CT molecular complexity index is 1170. The maximum absolute atomic E-state index is 5.73. The second-order valence-corrected chi connectivity index (χ2v) is 7.40. The monoisotopic (exact) mass is 416 g/mol. The van der Waals surface area contributed by atoms with Crippen LogP contribution in [-0.4, -0.2) is 46.1 Å². The van der Waals surface area contributed by atoms with Crippen molar-refractivity contribution < 1.29 is 9.47 Å². The van der Waals surface area contributed by atoms with Crippen LogP contribution in [-0.2, 0) is 4.74 Å². The number of rotatable bonds is 7. The molecule has 0 spiro atoms. The molecule has 31 heavy (non-hydrogen) atoms. The van der Waals surface area contributed by atoms with Crippen molar-refractivity contribution in [3.63, 3.8) is 0 Å². The van der Waals surface area contributed by atoms with Crippen LogP contribution < -0.4 is 15.4 Å².